The number of nitrogens with one attached hydrogen (secondary N) is 1. The van der Waals surface area contributed by atoms with Crippen molar-refractivity contribution in [3.8, 4) is 5.75 Å². The molecule has 0 bridgehead atoms. The highest BCUT2D eigenvalue weighted by atomic mass is 35.5. The number of hydrogen-bond acceptors (Lipinski definition) is 5. The standard InChI is InChI=1S/C28H21ClFNO4/c1-15-23(28(33)34-2)24(25-26(31-15)18-8-4-5-9-19(18)27(25)32)16-11-12-22(20(29)13-16)35-14-17-7-3-6-10-21(17)30/h3-13,24,31H,14H2,1-2H3/t24-/m1/s1. The van der Waals surface area contributed by atoms with Crippen molar-refractivity contribution in [2.45, 2.75) is 19.4 Å². The zero-order chi connectivity index (χ0) is 24.7. The van der Waals surface area contributed by atoms with Crippen LogP contribution in [0.25, 0.3) is 5.70 Å². The van der Waals surface area contributed by atoms with Crippen molar-refractivity contribution in [1.82, 2.24) is 5.32 Å². The second-order valence-corrected chi connectivity index (χ2v) is 8.73. The summed E-state index contributed by atoms with van der Waals surface area (Å²) >= 11 is 6.55. The molecule has 0 unspecified atom stereocenters. The fourth-order valence-electron chi connectivity index (χ4n) is 4.63. The molecule has 3 aromatic rings. The molecule has 1 atom stereocenters. The molecular formula is C28H21ClFNO4. The van der Waals surface area contributed by atoms with Gasteiger partial charge in [-0.2, -0.15) is 0 Å². The van der Waals surface area contributed by atoms with Crippen molar-refractivity contribution in [2.75, 3.05) is 7.11 Å². The van der Waals surface area contributed by atoms with Gasteiger partial charge in [-0.05, 0) is 30.7 Å². The Balaban J connectivity index is 1.55. The van der Waals surface area contributed by atoms with E-state index >= 15 is 0 Å². The molecule has 0 saturated carbocycles. The second-order valence-electron chi connectivity index (χ2n) is 8.32. The summed E-state index contributed by atoms with van der Waals surface area (Å²) in [5.74, 6) is -1.37. The van der Waals surface area contributed by atoms with Gasteiger partial charge in [-0.1, -0.05) is 60.1 Å². The first kappa shape index (κ1) is 22.9. The normalized spacial score (nSPS) is 16.6. The van der Waals surface area contributed by atoms with Gasteiger partial charge in [0.05, 0.1) is 23.4 Å². The van der Waals surface area contributed by atoms with Crippen LogP contribution in [0.5, 0.6) is 5.75 Å². The lowest BCUT2D eigenvalue weighted by atomic mass is 9.80. The zero-order valence-electron chi connectivity index (χ0n) is 19.0. The maximum atomic E-state index is 14.0. The summed E-state index contributed by atoms with van der Waals surface area (Å²) in [6.07, 6.45) is 0. The summed E-state index contributed by atoms with van der Waals surface area (Å²) in [7, 11) is 1.31. The minimum Gasteiger partial charge on any atom is -0.487 e. The number of halogens is 2. The topological polar surface area (TPSA) is 64.6 Å². The molecule has 5 nitrogen and oxygen atoms in total. The van der Waals surface area contributed by atoms with Crippen LogP contribution in [0.2, 0.25) is 5.02 Å². The van der Waals surface area contributed by atoms with Gasteiger partial charge in [0.15, 0.2) is 5.78 Å². The molecule has 35 heavy (non-hydrogen) atoms. The number of dihydropyridines is 1. The number of carbonyl (C=O) groups excluding carboxylic acids is 2. The molecule has 5 rings (SSSR count). The predicted molar refractivity (Wildman–Crippen MR) is 130 cm³/mol. The van der Waals surface area contributed by atoms with Gasteiger partial charge in [0.25, 0.3) is 0 Å². The fraction of sp³-hybridized carbons (Fsp3) is 0.143. The van der Waals surface area contributed by atoms with Crippen LogP contribution in [0.4, 0.5) is 4.39 Å². The van der Waals surface area contributed by atoms with Crippen molar-refractivity contribution in [2.24, 2.45) is 0 Å². The zero-order valence-corrected chi connectivity index (χ0v) is 19.8. The van der Waals surface area contributed by atoms with Gasteiger partial charge in [-0.25, -0.2) is 9.18 Å². The maximum Gasteiger partial charge on any atom is 0.336 e. The highest BCUT2D eigenvalue weighted by Crippen LogP contribution is 2.47. The van der Waals surface area contributed by atoms with Crippen LogP contribution in [0.1, 0.15) is 39.9 Å². The molecule has 0 aromatic heterocycles. The number of methoxy groups -OCH3 is 1. The lowest BCUT2D eigenvalue weighted by Crippen LogP contribution is -2.29. The summed E-state index contributed by atoms with van der Waals surface area (Å²) in [5, 5.41) is 3.53. The van der Waals surface area contributed by atoms with Gasteiger partial charge < -0.3 is 14.8 Å². The van der Waals surface area contributed by atoms with Crippen molar-refractivity contribution >= 4 is 29.1 Å². The van der Waals surface area contributed by atoms with Crippen molar-refractivity contribution < 1.29 is 23.5 Å². The van der Waals surface area contributed by atoms with Gasteiger partial charge in [0, 0.05) is 33.9 Å². The van der Waals surface area contributed by atoms with Crippen LogP contribution in [0.3, 0.4) is 0 Å². The highest BCUT2D eigenvalue weighted by molar-refractivity contribution is 6.32. The number of carbonyl (C=O) groups is 2. The molecule has 1 aliphatic heterocycles. The molecule has 0 amide bonds. The minimum atomic E-state index is -0.684. The largest absolute Gasteiger partial charge is 0.487 e. The third-order valence-electron chi connectivity index (χ3n) is 6.28. The summed E-state index contributed by atoms with van der Waals surface area (Å²) in [5.41, 5.74) is 4.49. The number of rotatable bonds is 5. The molecule has 1 N–H and O–H groups in total. The van der Waals surface area contributed by atoms with Crippen LogP contribution in [-0.4, -0.2) is 18.9 Å². The number of benzene rings is 3. The molecule has 176 valence electrons. The number of ketones is 1. The Bertz CT molecular complexity index is 1440. The molecule has 0 radical (unpaired) electrons. The molecular weight excluding hydrogens is 469 g/mol. The SMILES string of the molecule is COC(=O)C1=C(C)NC2=C(C(=O)c3ccccc32)[C@@H]1c1ccc(OCc2ccccc2F)c(Cl)c1. The molecule has 2 aliphatic rings. The van der Waals surface area contributed by atoms with Crippen molar-refractivity contribution in [1.29, 1.82) is 0 Å². The van der Waals surface area contributed by atoms with Crippen LogP contribution in [0.15, 0.2) is 83.6 Å². The summed E-state index contributed by atoms with van der Waals surface area (Å²) in [6.45, 7) is 1.79. The Morgan fingerprint density at radius 2 is 1.77 bits per heavy atom. The van der Waals surface area contributed by atoms with Gasteiger partial charge in [0.2, 0.25) is 0 Å². The number of esters is 1. The Morgan fingerprint density at radius 3 is 2.49 bits per heavy atom. The Morgan fingerprint density at radius 1 is 1.06 bits per heavy atom. The first-order valence-corrected chi connectivity index (χ1v) is 11.4. The van der Waals surface area contributed by atoms with Crippen LogP contribution in [0, 0.1) is 5.82 Å². The van der Waals surface area contributed by atoms with E-state index in [0.717, 1.165) is 5.56 Å². The summed E-state index contributed by atoms with van der Waals surface area (Å²) in [6, 6.07) is 18.8. The molecule has 7 heteroatoms. The fourth-order valence-corrected chi connectivity index (χ4v) is 4.87. The quantitative estimate of drug-likeness (QED) is 0.459. The summed E-state index contributed by atoms with van der Waals surface area (Å²) < 4.78 is 24.8. The number of allylic oxidation sites excluding steroid dienone is 2. The van der Waals surface area contributed by atoms with Gasteiger partial charge in [-0.3, -0.25) is 4.79 Å². The first-order chi connectivity index (χ1) is 16.9. The molecule has 0 spiro atoms. The monoisotopic (exact) mass is 489 g/mol. The Kier molecular flexibility index (Phi) is 5.91. The molecule has 0 saturated heterocycles. The van der Waals surface area contributed by atoms with E-state index in [0.29, 0.717) is 45.0 Å². The van der Waals surface area contributed by atoms with Crippen molar-refractivity contribution in [3.63, 3.8) is 0 Å². The van der Waals surface area contributed by atoms with E-state index in [9.17, 15) is 14.0 Å². The number of hydrogen-bond donors (Lipinski definition) is 1. The van der Waals surface area contributed by atoms with Gasteiger partial charge in [0.1, 0.15) is 18.2 Å². The average Bonchev–Trinajstić information content (AvgIpc) is 3.14. The van der Waals surface area contributed by atoms with E-state index < -0.39 is 11.9 Å². The third kappa shape index (κ3) is 3.90. The average molecular weight is 490 g/mol. The van der Waals surface area contributed by atoms with Crippen LogP contribution >= 0.6 is 11.6 Å². The first-order valence-electron chi connectivity index (χ1n) is 11.0. The molecule has 1 heterocycles. The summed E-state index contributed by atoms with van der Waals surface area (Å²) in [4.78, 5) is 26.3. The predicted octanol–water partition coefficient (Wildman–Crippen LogP) is 5.80. The van der Waals surface area contributed by atoms with E-state index in [1.165, 1.54) is 13.2 Å². The minimum absolute atomic E-state index is 0.00854. The number of Topliss-reactive ketones (excluding diaryl/α,β-unsaturated/α-hetero) is 1. The number of fused-ring (bicyclic) bond motifs is 2. The van der Waals surface area contributed by atoms with E-state index in [1.54, 1.807) is 49.4 Å². The highest BCUT2D eigenvalue weighted by Gasteiger charge is 2.42. The lowest BCUT2D eigenvalue weighted by Gasteiger charge is -2.29. The number of ether oxygens (including phenoxy) is 2. The van der Waals surface area contributed by atoms with E-state index in [4.69, 9.17) is 21.1 Å². The van der Waals surface area contributed by atoms with E-state index in [1.807, 2.05) is 18.2 Å². The molecule has 0 fully saturated rings. The van der Waals surface area contributed by atoms with Gasteiger partial charge >= 0.3 is 5.97 Å². The Hall–Kier alpha value is -3.90. The third-order valence-corrected chi connectivity index (χ3v) is 6.58. The van der Waals surface area contributed by atoms with E-state index in [-0.39, 0.29) is 23.2 Å². The van der Waals surface area contributed by atoms with Crippen LogP contribution in [-0.2, 0) is 16.1 Å². The molecule has 1 aliphatic carbocycles. The maximum absolute atomic E-state index is 14.0. The van der Waals surface area contributed by atoms with Crippen LogP contribution < -0.4 is 10.1 Å². The smallest absolute Gasteiger partial charge is 0.336 e. The van der Waals surface area contributed by atoms with Gasteiger partial charge in [-0.15, -0.1) is 0 Å². The molecule has 3 aromatic carbocycles. The Labute approximate surface area is 206 Å². The van der Waals surface area contributed by atoms with E-state index in [2.05, 4.69) is 5.32 Å². The second kappa shape index (κ2) is 9.04. The lowest BCUT2D eigenvalue weighted by molar-refractivity contribution is -0.136. The van der Waals surface area contributed by atoms with Crippen molar-refractivity contribution in [3.05, 3.63) is 117 Å².